The van der Waals surface area contributed by atoms with Gasteiger partial charge in [0.05, 0.1) is 6.10 Å². The first-order chi connectivity index (χ1) is 9.10. The van der Waals surface area contributed by atoms with E-state index in [4.69, 9.17) is 4.74 Å². The predicted molar refractivity (Wildman–Crippen MR) is 81.2 cm³/mol. The number of hydrogen-bond acceptors (Lipinski definition) is 2. The van der Waals surface area contributed by atoms with Crippen LogP contribution < -0.4 is 4.74 Å². The number of phenols is 1. The second kappa shape index (κ2) is 4.98. The summed E-state index contributed by atoms with van der Waals surface area (Å²) in [4.78, 5) is 0. The van der Waals surface area contributed by atoms with Gasteiger partial charge in [0, 0.05) is 11.5 Å². The van der Waals surface area contributed by atoms with Crippen molar-refractivity contribution in [1.82, 2.24) is 0 Å². The summed E-state index contributed by atoms with van der Waals surface area (Å²) in [6.07, 6.45) is 4.80. The number of benzene rings is 1. The minimum absolute atomic E-state index is 0.265. The van der Waals surface area contributed by atoms with Crippen molar-refractivity contribution in [1.29, 1.82) is 0 Å². The van der Waals surface area contributed by atoms with Crippen molar-refractivity contribution >= 4 is 9.24 Å². The van der Waals surface area contributed by atoms with Crippen molar-refractivity contribution in [3.8, 4) is 11.5 Å². The molecule has 0 radical (unpaired) electrons. The average molecular weight is 278 g/mol. The maximum atomic E-state index is 10.4. The molecule has 1 aliphatic carbocycles. The van der Waals surface area contributed by atoms with Gasteiger partial charge in [-0.1, -0.05) is 6.92 Å². The normalized spacial score (nSPS) is 33.2. The molecule has 1 aromatic carbocycles. The van der Waals surface area contributed by atoms with Crippen LogP contribution in [0.1, 0.15) is 50.2 Å². The fourth-order valence-electron chi connectivity index (χ4n) is 3.75. The van der Waals surface area contributed by atoms with E-state index in [1.807, 2.05) is 6.07 Å². The van der Waals surface area contributed by atoms with Crippen molar-refractivity contribution in [2.45, 2.75) is 57.2 Å². The van der Waals surface area contributed by atoms with Gasteiger partial charge in [0.1, 0.15) is 11.5 Å². The number of phenolic OH excluding ortho intramolecular Hbond substituents is 1. The summed E-state index contributed by atoms with van der Waals surface area (Å²) in [7, 11) is 2.96. The summed E-state index contributed by atoms with van der Waals surface area (Å²) in [5, 5.41) is 10.4. The van der Waals surface area contributed by atoms with Gasteiger partial charge in [0.25, 0.3) is 0 Å². The highest BCUT2D eigenvalue weighted by Gasteiger charge is 2.41. The summed E-state index contributed by atoms with van der Waals surface area (Å²) in [5.41, 5.74) is 2.89. The van der Waals surface area contributed by atoms with Crippen molar-refractivity contribution in [3.05, 3.63) is 23.3 Å². The highest BCUT2D eigenvalue weighted by atomic mass is 31.0. The van der Waals surface area contributed by atoms with Gasteiger partial charge in [-0.05, 0) is 61.9 Å². The molecule has 1 aliphatic heterocycles. The second-order valence-electron chi connectivity index (χ2n) is 6.05. The van der Waals surface area contributed by atoms with Gasteiger partial charge in [-0.15, -0.1) is 9.24 Å². The quantitative estimate of drug-likeness (QED) is 0.790. The Balaban J connectivity index is 2.06. The molecule has 0 saturated heterocycles. The Morgan fingerprint density at radius 1 is 1.37 bits per heavy atom. The minimum atomic E-state index is 0.265. The lowest BCUT2D eigenvalue weighted by atomic mass is 9.71. The van der Waals surface area contributed by atoms with Crippen molar-refractivity contribution in [3.63, 3.8) is 0 Å². The lowest BCUT2D eigenvalue weighted by Crippen LogP contribution is -2.38. The first-order valence-corrected chi connectivity index (χ1v) is 8.04. The monoisotopic (exact) mass is 278 g/mol. The molecule has 0 bridgehead atoms. The molecule has 1 saturated carbocycles. The molecule has 2 nitrogen and oxygen atoms in total. The molecule has 1 heterocycles. The largest absolute Gasteiger partial charge is 0.508 e. The molecule has 2 aliphatic rings. The summed E-state index contributed by atoms with van der Waals surface area (Å²) in [6.45, 7) is 4.29. The fourth-order valence-corrected chi connectivity index (χ4v) is 4.24. The Bertz CT molecular complexity index is 486. The van der Waals surface area contributed by atoms with Gasteiger partial charge in [-0.2, -0.15) is 0 Å². The summed E-state index contributed by atoms with van der Waals surface area (Å²) < 4.78 is 6.09. The SMILES string of the molecule is CCc1cc(O)c2c(c1)OC(C)[C@@H]1CC[C@H](P)CC21. The van der Waals surface area contributed by atoms with Crippen LogP contribution in [0.25, 0.3) is 0 Å². The van der Waals surface area contributed by atoms with E-state index < -0.39 is 0 Å². The zero-order valence-corrected chi connectivity index (χ0v) is 12.9. The smallest absolute Gasteiger partial charge is 0.127 e. The molecular weight excluding hydrogens is 255 g/mol. The third kappa shape index (κ3) is 2.25. The predicted octanol–water partition coefficient (Wildman–Crippen LogP) is 3.86. The van der Waals surface area contributed by atoms with Crippen molar-refractivity contribution in [2.75, 3.05) is 0 Å². The Morgan fingerprint density at radius 2 is 2.16 bits per heavy atom. The standard InChI is InChI=1S/C16H23O2P/c1-3-10-6-14(17)16-13-8-11(19)4-5-12(13)9(2)18-15(16)7-10/h6-7,9,11-13,17H,3-5,8,19H2,1-2H3/t9?,11-,12-,13?/m0/s1. The summed E-state index contributed by atoms with van der Waals surface area (Å²) >= 11 is 0. The van der Waals surface area contributed by atoms with Crippen LogP contribution in [-0.4, -0.2) is 16.9 Å². The molecule has 0 aromatic heterocycles. The van der Waals surface area contributed by atoms with E-state index in [9.17, 15) is 5.11 Å². The third-order valence-corrected chi connectivity index (χ3v) is 5.42. The average Bonchev–Trinajstić information content (AvgIpc) is 2.37. The molecule has 5 atom stereocenters. The maximum Gasteiger partial charge on any atom is 0.127 e. The Hall–Kier alpha value is -0.750. The van der Waals surface area contributed by atoms with Crippen LogP contribution in [0.2, 0.25) is 0 Å². The number of aryl methyl sites for hydroxylation is 1. The Kier molecular flexibility index (Phi) is 3.47. The number of ether oxygens (including phenoxy) is 1. The molecule has 1 aromatic rings. The molecule has 0 spiro atoms. The van der Waals surface area contributed by atoms with Gasteiger partial charge < -0.3 is 9.84 Å². The van der Waals surface area contributed by atoms with Gasteiger partial charge in [-0.3, -0.25) is 0 Å². The molecule has 0 amide bonds. The van der Waals surface area contributed by atoms with Crippen molar-refractivity contribution < 1.29 is 9.84 Å². The molecular formula is C16H23O2P. The van der Waals surface area contributed by atoms with Gasteiger partial charge >= 0.3 is 0 Å². The van der Waals surface area contributed by atoms with Gasteiger partial charge in [0.15, 0.2) is 0 Å². The van der Waals surface area contributed by atoms with Crippen LogP contribution in [0.3, 0.4) is 0 Å². The molecule has 3 rings (SSSR count). The number of aromatic hydroxyl groups is 1. The van der Waals surface area contributed by atoms with E-state index >= 15 is 0 Å². The Labute approximate surface area is 117 Å². The number of hydrogen-bond donors (Lipinski definition) is 1. The highest BCUT2D eigenvalue weighted by Crippen LogP contribution is 2.52. The zero-order chi connectivity index (χ0) is 13.6. The third-order valence-electron chi connectivity index (χ3n) is 4.82. The van der Waals surface area contributed by atoms with E-state index in [-0.39, 0.29) is 6.10 Å². The molecule has 104 valence electrons. The number of fused-ring (bicyclic) bond motifs is 3. The van der Waals surface area contributed by atoms with Crippen LogP contribution in [0.15, 0.2) is 12.1 Å². The molecule has 19 heavy (non-hydrogen) atoms. The topological polar surface area (TPSA) is 29.5 Å². The highest BCUT2D eigenvalue weighted by molar-refractivity contribution is 7.17. The molecule has 3 unspecified atom stereocenters. The minimum Gasteiger partial charge on any atom is -0.508 e. The van der Waals surface area contributed by atoms with Crippen LogP contribution in [0.4, 0.5) is 0 Å². The maximum absolute atomic E-state index is 10.4. The van der Waals surface area contributed by atoms with Gasteiger partial charge in [0.2, 0.25) is 0 Å². The van der Waals surface area contributed by atoms with Crippen molar-refractivity contribution in [2.24, 2.45) is 5.92 Å². The van der Waals surface area contributed by atoms with E-state index in [2.05, 4.69) is 29.2 Å². The molecule has 1 fully saturated rings. The zero-order valence-electron chi connectivity index (χ0n) is 11.7. The number of rotatable bonds is 1. The molecule has 3 heteroatoms. The van der Waals surface area contributed by atoms with Crippen LogP contribution in [0, 0.1) is 5.92 Å². The lowest BCUT2D eigenvalue weighted by Gasteiger charge is -2.43. The van der Waals surface area contributed by atoms with Crippen LogP contribution in [0.5, 0.6) is 11.5 Å². The fraction of sp³-hybridized carbons (Fsp3) is 0.625. The van der Waals surface area contributed by atoms with E-state index in [1.54, 1.807) is 0 Å². The summed E-state index contributed by atoms with van der Waals surface area (Å²) in [6, 6.07) is 4.04. The van der Waals surface area contributed by atoms with E-state index in [0.29, 0.717) is 23.2 Å². The van der Waals surface area contributed by atoms with E-state index in [1.165, 1.54) is 12.8 Å². The van der Waals surface area contributed by atoms with Crippen LogP contribution in [-0.2, 0) is 6.42 Å². The first-order valence-electron chi connectivity index (χ1n) is 7.38. The summed E-state index contributed by atoms with van der Waals surface area (Å²) in [5.74, 6) is 2.38. The van der Waals surface area contributed by atoms with E-state index in [0.717, 1.165) is 29.7 Å². The lowest BCUT2D eigenvalue weighted by molar-refractivity contribution is 0.0819. The second-order valence-corrected chi connectivity index (χ2v) is 6.99. The van der Waals surface area contributed by atoms with Crippen LogP contribution >= 0.6 is 9.24 Å². The van der Waals surface area contributed by atoms with Gasteiger partial charge in [-0.25, -0.2) is 0 Å². The molecule has 1 N–H and O–H groups in total. The Morgan fingerprint density at radius 3 is 2.89 bits per heavy atom. The first kappa shape index (κ1) is 13.2.